The zero-order chi connectivity index (χ0) is 17.1. The topological polar surface area (TPSA) is 54.9 Å². The van der Waals surface area contributed by atoms with Gasteiger partial charge in [-0.05, 0) is 36.1 Å². The fourth-order valence-electron chi connectivity index (χ4n) is 3.20. The second-order valence-corrected chi connectivity index (χ2v) is 6.61. The first-order valence-electron chi connectivity index (χ1n) is 8.68. The standard InChI is InChI=1S/C20H23N3O2.HI/c1-21-19(22-12-15-5-3-2-4-6-15)23-13-20(9-10-20)16-7-8-17-18(11-16)25-14-24-17;/h2-8,11H,9-10,12-14H2,1H3,(H2,21,22,23);1H. The maximum absolute atomic E-state index is 5.52. The van der Waals surface area contributed by atoms with E-state index >= 15 is 0 Å². The number of rotatable bonds is 5. The van der Waals surface area contributed by atoms with Gasteiger partial charge in [0.05, 0.1) is 0 Å². The van der Waals surface area contributed by atoms with Gasteiger partial charge in [-0.2, -0.15) is 0 Å². The summed E-state index contributed by atoms with van der Waals surface area (Å²) in [5, 5.41) is 6.85. The zero-order valence-electron chi connectivity index (χ0n) is 14.8. The van der Waals surface area contributed by atoms with Crippen molar-refractivity contribution in [3.05, 3.63) is 59.7 Å². The van der Waals surface area contributed by atoms with E-state index in [4.69, 9.17) is 9.47 Å². The molecule has 0 unspecified atom stereocenters. The fraction of sp³-hybridized carbons (Fsp3) is 0.350. The van der Waals surface area contributed by atoms with E-state index in [2.05, 4.69) is 39.9 Å². The van der Waals surface area contributed by atoms with Crippen LogP contribution in [0.15, 0.2) is 53.5 Å². The van der Waals surface area contributed by atoms with Crippen molar-refractivity contribution in [3.8, 4) is 11.5 Å². The Morgan fingerprint density at radius 3 is 2.54 bits per heavy atom. The molecule has 0 bridgehead atoms. The number of hydrogen-bond acceptors (Lipinski definition) is 3. The molecule has 1 saturated carbocycles. The SMILES string of the molecule is CN=C(NCc1ccccc1)NCC1(c2ccc3c(c2)OCO3)CC1.I. The normalized spacial score (nSPS) is 16.6. The lowest BCUT2D eigenvalue weighted by atomic mass is 9.95. The molecule has 4 rings (SSSR count). The van der Waals surface area contributed by atoms with Crippen LogP contribution in [0.2, 0.25) is 0 Å². The molecule has 0 radical (unpaired) electrons. The van der Waals surface area contributed by atoms with Crippen molar-refractivity contribution < 1.29 is 9.47 Å². The maximum Gasteiger partial charge on any atom is 0.231 e. The average Bonchev–Trinajstić information content (AvgIpc) is 3.31. The lowest BCUT2D eigenvalue weighted by molar-refractivity contribution is 0.174. The highest BCUT2D eigenvalue weighted by molar-refractivity contribution is 14.0. The molecule has 2 aromatic rings. The summed E-state index contributed by atoms with van der Waals surface area (Å²) in [6, 6.07) is 16.6. The molecule has 0 spiro atoms. The Bertz CT molecular complexity index is 776. The minimum absolute atomic E-state index is 0. The van der Waals surface area contributed by atoms with Gasteiger partial charge >= 0.3 is 0 Å². The number of nitrogens with one attached hydrogen (secondary N) is 2. The summed E-state index contributed by atoms with van der Waals surface area (Å²) in [6.45, 7) is 1.94. The third-order valence-electron chi connectivity index (χ3n) is 4.96. The highest BCUT2D eigenvalue weighted by atomic mass is 127. The van der Waals surface area contributed by atoms with E-state index in [1.165, 1.54) is 24.0 Å². The molecule has 2 aromatic carbocycles. The highest BCUT2D eigenvalue weighted by Crippen LogP contribution is 2.49. The summed E-state index contributed by atoms with van der Waals surface area (Å²) in [7, 11) is 1.81. The van der Waals surface area contributed by atoms with E-state index in [0.29, 0.717) is 6.79 Å². The Labute approximate surface area is 171 Å². The Kier molecular flexibility index (Phi) is 5.90. The maximum atomic E-state index is 5.52. The molecule has 0 aromatic heterocycles. The second kappa shape index (κ2) is 8.16. The van der Waals surface area contributed by atoms with Crippen LogP contribution in [0.4, 0.5) is 0 Å². The Morgan fingerprint density at radius 1 is 1.04 bits per heavy atom. The minimum Gasteiger partial charge on any atom is -0.454 e. The molecular formula is C20H24IN3O2. The lowest BCUT2D eigenvalue weighted by Crippen LogP contribution is -2.40. The van der Waals surface area contributed by atoms with E-state index in [1.807, 2.05) is 24.3 Å². The molecule has 0 atom stereocenters. The molecule has 2 aliphatic rings. The summed E-state index contributed by atoms with van der Waals surface area (Å²) >= 11 is 0. The Hall–Kier alpha value is -1.96. The van der Waals surface area contributed by atoms with Crippen molar-refractivity contribution in [2.45, 2.75) is 24.8 Å². The number of benzene rings is 2. The molecule has 1 aliphatic carbocycles. The van der Waals surface area contributed by atoms with Gasteiger partial charge in [-0.25, -0.2) is 0 Å². The predicted molar refractivity (Wildman–Crippen MR) is 114 cm³/mol. The third-order valence-corrected chi connectivity index (χ3v) is 4.96. The van der Waals surface area contributed by atoms with Crippen LogP contribution in [0.1, 0.15) is 24.0 Å². The van der Waals surface area contributed by atoms with Crippen molar-refractivity contribution in [2.75, 3.05) is 20.4 Å². The fourth-order valence-corrected chi connectivity index (χ4v) is 3.20. The Morgan fingerprint density at radius 2 is 1.81 bits per heavy atom. The summed E-state index contributed by atoms with van der Waals surface area (Å²) < 4.78 is 10.9. The van der Waals surface area contributed by atoms with Gasteiger partial charge in [0.1, 0.15) is 0 Å². The molecular weight excluding hydrogens is 441 g/mol. The minimum atomic E-state index is 0. The van der Waals surface area contributed by atoms with E-state index < -0.39 is 0 Å². The molecule has 26 heavy (non-hydrogen) atoms. The van der Waals surface area contributed by atoms with Gasteiger partial charge in [-0.3, -0.25) is 4.99 Å². The van der Waals surface area contributed by atoms with Gasteiger partial charge < -0.3 is 20.1 Å². The molecule has 2 N–H and O–H groups in total. The molecule has 0 saturated heterocycles. The average molecular weight is 465 g/mol. The van der Waals surface area contributed by atoms with Gasteiger partial charge in [0, 0.05) is 25.6 Å². The molecule has 1 fully saturated rings. The monoisotopic (exact) mass is 465 g/mol. The first kappa shape index (κ1) is 18.8. The van der Waals surface area contributed by atoms with Gasteiger partial charge in [-0.15, -0.1) is 24.0 Å². The molecule has 0 amide bonds. The van der Waals surface area contributed by atoms with E-state index in [0.717, 1.165) is 30.5 Å². The largest absolute Gasteiger partial charge is 0.454 e. The van der Waals surface area contributed by atoms with Crippen LogP contribution in [-0.2, 0) is 12.0 Å². The molecule has 5 nitrogen and oxygen atoms in total. The van der Waals surface area contributed by atoms with E-state index in [-0.39, 0.29) is 29.4 Å². The van der Waals surface area contributed by atoms with Crippen LogP contribution >= 0.6 is 24.0 Å². The smallest absolute Gasteiger partial charge is 0.231 e. The van der Waals surface area contributed by atoms with Crippen LogP contribution < -0.4 is 20.1 Å². The van der Waals surface area contributed by atoms with Crippen molar-refractivity contribution in [2.24, 2.45) is 4.99 Å². The molecule has 1 aliphatic heterocycles. The number of nitrogens with zero attached hydrogens (tertiary/aromatic N) is 1. The summed E-state index contributed by atoms with van der Waals surface area (Å²) in [4.78, 5) is 4.34. The van der Waals surface area contributed by atoms with Crippen LogP contribution in [0.25, 0.3) is 0 Å². The number of fused-ring (bicyclic) bond motifs is 1. The summed E-state index contributed by atoms with van der Waals surface area (Å²) in [6.07, 6.45) is 2.35. The van der Waals surface area contributed by atoms with Crippen LogP contribution in [0.5, 0.6) is 11.5 Å². The number of aliphatic imine (C=N–C) groups is 1. The highest BCUT2D eigenvalue weighted by Gasteiger charge is 2.44. The third kappa shape index (κ3) is 4.06. The number of hydrogen-bond donors (Lipinski definition) is 2. The Balaban J connectivity index is 0.00000196. The molecule has 1 heterocycles. The van der Waals surface area contributed by atoms with Crippen molar-refractivity contribution in [3.63, 3.8) is 0 Å². The number of ether oxygens (including phenoxy) is 2. The quantitative estimate of drug-likeness (QED) is 0.404. The van der Waals surface area contributed by atoms with Crippen molar-refractivity contribution >= 4 is 29.9 Å². The second-order valence-electron chi connectivity index (χ2n) is 6.61. The van der Waals surface area contributed by atoms with Crippen molar-refractivity contribution in [1.82, 2.24) is 10.6 Å². The van der Waals surface area contributed by atoms with Gasteiger partial charge in [0.2, 0.25) is 6.79 Å². The van der Waals surface area contributed by atoms with E-state index in [9.17, 15) is 0 Å². The number of guanidine groups is 1. The van der Waals surface area contributed by atoms with Gasteiger partial charge in [0.15, 0.2) is 17.5 Å². The first-order valence-corrected chi connectivity index (χ1v) is 8.68. The summed E-state index contributed by atoms with van der Waals surface area (Å²) in [5.41, 5.74) is 2.72. The summed E-state index contributed by atoms with van der Waals surface area (Å²) in [5.74, 6) is 2.53. The van der Waals surface area contributed by atoms with E-state index in [1.54, 1.807) is 7.05 Å². The lowest BCUT2D eigenvalue weighted by Gasteiger charge is -2.19. The van der Waals surface area contributed by atoms with Crippen LogP contribution in [0.3, 0.4) is 0 Å². The van der Waals surface area contributed by atoms with Crippen molar-refractivity contribution in [1.29, 1.82) is 0 Å². The predicted octanol–water partition coefficient (Wildman–Crippen LogP) is 3.43. The number of halogens is 1. The van der Waals surface area contributed by atoms with Gasteiger partial charge in [0.25, 0.3) is 0 Å². The van der Waals surface area contributed by atoms with Gasteiger partial charge in [-0.1, -0.05) is 36.4 Å². The first-order chi connectivity index (χ1) is 12.3. The zero-order valence-corrected chi connectivity index (χ0v) is 17.2. The molecule has 138 valence electrons. The molecule has 6 heteroatoms. The van der Waals surface area contributed by atoms with Crippen LogP contribution in [0, 0.1) is 0 Å². The van der Waals surface area contributed by atoms with Crippen LogP contribution in [-0.4, -0.2) is 26.3 Å².